The van der Waals surface area contributed by atoms with Crippen LogP contribution >= 0.6 is 0 Å². The van der Waals surface area contributed by atoms with Gasteiger partial charge in [0.15, 0.2) is 0 Å². The highest BCUT2D eigenvalue weighted by Crippen LogP contribution is 2.38. The van der Waals surface area contributed by atoms with Gasteiger partial charge in [-0.1, -0.05) is 13.3 Å². The summed E-state index contributed by atoms with van der Waals surface area (Å²) in [6.45, 7) is 6.66. The Bertz CT molecular complexity index is 514. The molecule has 90 valence electrons. The standard InChI is InChI=1S/C15H20N2/c1-9-5-4-6-12(9)15-16-13-7-10(2)11(3)8-14(13)17-15/h7-9,12H,4-6H2,1-3H3,(H,16,17). The first-order valence-corrected chi connectivity index (χ1v) is 6.62. The molecule has 0 spiro atoms. The summed E-state index contributed by atoms with van der Waals surface area (Å²) < 4.78 is 0. The smallest absolute Gasteiger partial charge is 0.110 e. The number of aromatic nitrogens is 2. The maximum atomic E-state index is 4.79. The first-order valence-electron chi connectivity index (χ1n) is 6.62. The number of H-pyrrole nitrogens is 1. The van der Waals surface area contributed by atoms with Crippen molar-refractivity contribution in [3.05, 3.63) is 29.1 Å². The molecule has 1 N–H and O–H groups in total. The number of aryl methyl sites for hydroxylation is 2. The third-order valence-corrected chi connectivity index (χ3v) is 4.33. The van der Waals surface area contributed by atoms with E-state index in [1.807, 2.05) is 0 Å². The summed E-state index contributed by atoms with van der Waals surface area (Å²) in [7, 11) is 0. The Morgan fingerprint density at radius 3 is 2.65 bits per heavy atom. The van der Waals surface area contributed by atoms with Crippen LogP contribution < -0.4 is 0 Å². The molecule has 0 saturated heterocycles. The van der Waals surface area contributed by atoms with Gasteiger partial charge in [0.1, 0.15) is 5.82 Å². The average Bonchev–Trinajstić information content (AvgIpc) is 2.85. The fourth-order valence-electron chi connectivity index (χ4n) is 3.02. The van der Waals surface area contributed by atoms with E-state index in [4.69, 9.17) is 4.98 Å². The number of aromatic amines is 1. The third kappa shape index (κ3) is 1.76. The Kier molecular flexibility index (Phi) is 2.46. The van der Waals surface area contributed by atoms with Gasteiger partial charge in [-0.25, -0.2) is 4.98 Å². The molecule has 0 bridgehead atoms. The van der Waals surface area contributed by atoms with Gasteiger partial charge in [0.05, 0.1) is 11.0 Å². The predicted octanol–water partition coefficient (Wildman–Crippen LogP) is 4.08. The topological polar surface area (TPSA) is 28.7 Å². The second kappa shape index (κ2) is 3.86. The number of fused-ring (bicyclic) bond motifs is 1. The average molecular weight is 228 g/mol. The number of benzene rings is 1. The van der Waals surface area contributed by atoms with Gasteiger partial charge in [-0.15, -0.1) is 0 Å². The summed E-state index contributed by atoms with van der Waals surface area (Å²) >= 11 is 0. The molecule has 2 nitrogen and oxygen atoms in total. The summed E-state index contributed by atoms with van der Waals surface area (Å²) in [6.07, 6.45) is 3.99. The van der Waals surface area contributed by atoms with Crippen molar-refractivity contribution in [2.75, 3.05) is 0 Å². The summed E-state index contributed by atoms with van der Waals surface area (Å²) in [6, 6.07) is 4.42. The van der Waals surface area contributed by atoms with Crippen LogP contribution in [0, 0.1) is 19.8 Å². The van der Waals surface area contributed by atoms with Crippen molar-refractivity contribution < 1.29 is 0 Å². The van der Waals surface area contributed by atoms with Gasteiger partial charge in [-0.05, 0) is 55.9 Å². The summed E-state index contributed by atoms with van der Waals surface area (Å²) in [5.41, 5.74) is 4.99. The maximum Gasteiger partial charge on any atom is 0.110 e. The van der Waals surface area contributed by atoms with E-state index in [1.165, 1.54) is 41.7 Å². The van der Waals surface area contributed by atoms with Crippen LogP contribution in [0.2, 0.25) is 0 Å². The number of nitrogens with zero attached hydrogens (tertiary/aromatic N) is 1. The highest BCUT2D eigenvalue weighted by molar-refractivity contribution is 5.77. The molecule has 2 atom stereocenters. The fourth-order valence-corrected chi connectivity index (χ4v) is 3.02. The van der Waals surface area contributed by atoms with E-state index >= 15 is 0 Å². The molecule has 1 aliphatic rings. The van der Waals surface area contributed by atoms with E-state index in [1.54, 1.807) is 0 Å². The highest BCUT2D eigenvalue weighted by atomic mass is 14.9. The van der Waals surface area contributed by atoms with E-state index < -0.39 is 0 Å². The van der Waals surface area contributed by atoms with Crippen molar-refractivity contribution in [3.63, 3.8) is 0 Å². The monoisotopic (exact) mass is 228 g/mol. The van der Waals surface area contributed by atoms with E-state index in [-0.39, 0.29) is 0 Å². The molecule has 1 aliphatic carbocycles. The number of imidazole rings is 1. The molecule has 2 aromatic rings. The molecular weight excluding hydrogens is 208 g/mol. The van der Waals surface area contributed by atoms with Gasteiger partial charge in [-0.3, -0.25) is 0 Å². The lowest BCUT2D eigenvalue weighted by Crippen LogP contribution is -2.03. The van der Waals surface area contributed by atoms with Crippen molar-refractivity contribution in [1.82, 2.24) is 9.97 Å². The predicted molar refractivity (Wildman–Crippen MR) is 71.3 cm³/mol. The molecule has 1 heterocycles. The molecule has 1 aromatic carbocycles. The van der Waals surface area contributed by atoms with Crippen molar-refractivity contribution in [2.24, 2.45) is 5.92 Å². The maximum absolute atomic E-state index is 4.79. The van der Waals surface area contributed by atoms with Gasteiger partial charge in [0, 0.05) is 5.92 Å². The SMILES string of the molecule is Cc1cc2nc(C3CCCC3C)[nH]c2cc1C. The van der Waals surface area contributed by atoms with Crippen LogP contribution in [0.3, 0.4) is 0 Å². The Labute approximate surface area is 102 Å². The van der Waals surface area contributed by atoms with Crippen LogP contribution in [0.1, 0.15) is 49.1 Å². The molecule has 0 radical (unpaired) electrons. The molecule has 17 heavy (non-hydrogen) atoms. The molecular formula is C15H20N2. The highest BCUT2D eigenvalue weighted by Gasteiger charge is 2.27. The number of rotatable bonds is 1. The molecule has 3 rings (SSSR count). The minimum Gasteiger partial charge on any atom is -0.342 e. The van der Waals surface area contributed by atoms with Crippen LogP contribution in [0.15, 0.2) is 12.1 Å². The van der Waals surface area contributed by atoms with Crippen molar-refractivity contribution in [2.45, 2.75) is 46.0 Å². The summed E-state index contributed by atoms with van der Waals surface area (Å²) in [5.74, 6) is 2.62. The molecule has 1 aromatic heterocycles. The molecule has 1 fully saturated rings. The van der Waals surface area contributed by atoms with Gasteiger partial charge in [0.25, 0.3) is 0 Å². The number of hydrogen-bond donors (Lipinski definition) is 1. The van der Waals surface area contributed by atoms with Crippen molar-refractivity contribution in [1.29, 1.82) is 0 Å². The Balaban J connectivity index is 2.07. The molecule has 0 aliphatic heterocycles. The van der Waals surface area contributed by atoms with Gasteiger partial charge >= 0.3 is 0 Å². The van der Waals surface area contributed by atoms with Gasteiger partial charge in [0.2, 0.25) is 0 Å². The lowest BCUT2D eigenvalue weighted by molar-refractivity contribution is 0.514. The quantitative estimate of drug-likeness (QED) is 0.782. The zero-order valence-electron chi connectivity index (χ0n) is 10.9. The molecule has 2 heteroatoms. The summed E-state index contributed by atoms with van der Waals surface area (Å²) in [4.78, 5) is 8.32. The Hall–Kier alpha value is -1.31. The Morgan fingerprint density at radius 2 is 1.94 bits per heavy atom. The van der Waals surface area contributed by atoms with E-state index in [2.05, 4.69) is 37.9 Å². The fraction of sp³-hybridized carbons (Fsp3) is 0.533. The van der Waals surface area contributed by atoms with E-state index in [0.29, 0.717) is 5.92 Å². The Morgan fingerprint density at radius 1 is 1.18 bits per heavy atom. The van der Waals surface area contributed by atoms with Crippen LogP contribution in [-0.2, 0) is 0 Å². The first-order chi connectivity index (χ1) is 8.15. The molecule has 2 unspecified atom stereocenters. The molecule has 1 saturated carbocycles. The summed E-state index contributed by atoms with van der Waals surface area (Å²) in [5, 5.41) is 0. The first kappa shape index (κ1) is 10.8. The van der Waals surface area contributed by atoms with Crippen molar-refractivity contribution in [3.8, 4) is 0 Å². The second-order valence-corrected chi connectivity index (χ2v) is 5.59. The minimum atomic E-state index is 0.642. The van der Waals surface area contributed by atoms with Gasteiger partial charge < -0.3 is 4.98 Å². The van der Waals surface area contributed by atoms with Gasteiger partial charge in [-0.2, -0.15) is 0 Å². The van der Waals surface area contributed by atoms with E-state index in [9.17, 15) is 0 Å². The van der Waals surface area contributed by atoms with E-state index in [0.717, 1.165) is 11.4 Å². The van der Waals surface area contributed by atoms with Crippen LogP contribution in [0.4, 0.5) is 0 Å². The third-order valence-electron chi connectivity index (χ3n) is 4.33. The number of nitrogens with one attached hydrogen (secondary N) is 1. The van der Waals surface area contributed by atoms with Crippen LogP contribution in [0.5, 0.6) is 0 Å². The normalized spacial score (nSPS) is 24.6. The van der Waals surface area contributed by atoms with Crippen LogP contribution in [-0.4, -0.2) is 9.97 Å². The zero-order valence-corrected chi connectivity index (χ0v) is 10.9. The largest absolute Gasteiger partial charge is 0.342 e. The second-order valence-electron chi connectivity index (χ2n) is 5.59. The minimum absolute atomic E-state index is 0.642. The van der Waals surface area contributed by atoms with Crippen LogP contribution in [0.25, 0.3) is 11.0 Å². The zero-order chi connectivity index (χ0) is 12.0. The lowest BCUT2D eigenvalue weighted by Gasteiger charge is -2.11. The number of hydrogen-bond acceptors (Lipinski definition) is 1. The molecule has 0 amide bonds. The van der Waals surface area contributed by atoms with Crippen molar-refractivity contribution >= 4 is 11.0 Å². The lowest BCUT2D eigenvalue weighted by atomic mass is 9.98.